The Hall–Kier alpha value is -2.81. The number of hydrogen-bond acceptors (Lipinski definition) is 7. The molecule has 0 aromatic heterocycles. The zero-order chi connectivity index (χ0) is 50.8. The Morgan fingerprint density at radius 2 is 0.986 bits per heavy atom. The monoisotopic (exact) mass is 985 g/mol. The maximum absolute atomic E-state index is 13.5. The fraction of sp³-hybridized carbons (Fsp3) is 0.729. The quantitative estimate of drug-likeness (QED) is 0.0161. The molecule has 9 nitrogen and oxygen atoms in total. The lowest BCUT2D eigenvalue weighted by Gasteiger charge is -2.30. The molecule has 0 aliphatic heterocycles. The zero-order valence-corrected chi connectivity index (χ0v) is 46.1. The van der Waals surface area contributed by atoms with Crippen LogP contribution in [0.15, 0.2) is 85.1 Å². The highest BCUT2D eigenvalue weighted by atomic mass is 31.2. The van der Waals surface area contributed by atoms with Gasteiger partial charge in [0, 0.05) is 12.8 Å². The second kappa shape index (κ2) is 48.8. The summed E-state index contributed by atoms with van der Waals surface area (Å²) < 4.78 is 30.2. The van der Waals surface area contributed by atoms with Crippen LogP contribution in [-0.4, -0.2) is 69.4 Å². The first-order chi connectivity index (χ1) is 33.4. The predicted octanol–water partition coefficient (Wildman–Crippen LogP) is 16.0. The number of rotatable bonds is 49. The van der Waals surface area contributed by atoms with Gasteiger partial charge in [-0.25, -0.2) is 0 Å². The van der Waals surface area contributed by atoms with Crippen LogP contribution < -0.4 is 10.2 Å². The van der Waals surface area contributed by atoms with Gasteiger partial charge in [0.2, 0.25) is 5.91 Å². The summed E-state index contributed by atoms with van der Waals surface area (Å²) in [6.07, 6.45) is 62.6. The SMILES string of the molecule is CC/C=C/C=C/C=C\CCCCCCCC(=O)OC(/C=C\CCCCCCCCCCCCC)C(COP(=O)([O-])OCC[N+](C)(C)C)NC(=O)CCCCCC/C=C\C/C=C\C/C=C\CCCCC. The average Bonchev–Trinajstić information content (AvgIpc) is 3.31. The van der Waals surface area contributed by atoms with Crippen LogP contribution in [0.4, 0.5) is 0 Å². The Kier molecular flexibility index (Phi) is 46.8. The summed E-state index contributed by atoms with van der Waals surface area (Å²) in [6, 6.07) is -0.911. The molecule has 0 aliphatic rings. The molecule has 3 unspecified atom stereocenters. The van der Waals surface area contributed by atoms with Crippen LogP contribution in [0.25, 0.3) is 0 Å². The third-order valence-corrected chi connectivity index (χ3v) is 12.8. The summed E-state index contributed by atoms with van der Waals surface area (Å²) >= 11 is 0. The number of carbonyl (C=O) groups is 2. The van der Waals surface area contributed by atoms with Gasteiger partial charge in [-0.15, -0.1) is 0 Å². The predicted molar refractivity (Wildman–Crippen MR) is 293 cm³/mol. The lowest BCUT2D eigenvalue weighted by molar-refractivity contribution is -0.870. The number of quaternary nitrogens is 1. The summed E-state index contributed by atoms with van der Waals surface area (Å²) in [4.78, 5) is 39.8. The number of nitrogens with zero attached hydrogens (tertiary/aromatic N) is 1. The van der Waals surface area contributed by atoms with E-state index in [0.29, 0.717) is 23.9 Å². The van der Waals surface area contributed by atoms with Gasteiger partial charge < -0.3 is 28.5 Å². The molecule has 1 N–H and O–H groups in total. The van der Waals surface area contributed by atoms with Gasteiger partial charge in [-0.3, -0.25) is 14.2 Å². The minimum Gasteiger partial charge on any atom is -0.756 e. The van der Waals surface area contributed by atoms with Crippen LogP contribution in [0, 0.1) is 0 Å². The molecule has 0 saturated heterocycles. The minimum atomic E-state index is -4.71. The summed E-state index contributed by atoms with van der Waals surface area (Å²) in [5.74, 6) is -0.595. The van der Waals surface area contributed by atoms with Gasteiger partial charge in [0.1, 0.15) is 19.3 Å². The third kappa shape index (κ3) is 49.9. The molecule has 0 rings (SSSR count). The minimum absolute atomic E-state index is 0.0342. The lowest BCUT2D eigenvalue weighted by Crippen LogP contribution is -2.47. The van der Waals surface area contributed by atoms with Crippen molar-refractivity contribution in [1.29, 1.82) is 0 Å². The molecule has 69 heavy (non-hydrogen) atoms. The largest absolute Gasteiger partial charge is 0.756 e. The first-order valence-electron chi connectivity index (χ1n) is 27.9. The van der Waals surface area contributed by atoms with Crippen molar-refractivity contribution in [3.63, 3.8) is 0 Å². The fourth-order valence-electron chi connectivity index (χ4n) is 7.53. The van der Waals surface area contributed by atoms with E-state index in [1.807, 2.05) is 39.4 Å². The van der Waals surface area contributed by atoms with E-state index < -0.39 is 26.6 Å². The van der Waals surface area contributed by atoms with Crippen molar-refractivity contribution in [2.24, 2.45) is 0 Å². The maximum Gasteiger partial charge on any atom is 0.306 e. The van der Waals surface area contributed by atoms with Crippen LogP contribution in [-0.2, 0) is 27.9 Å². The van der Waals surface area contributed by atoms with E-state index in [4.69, 9.17) is 13.8 Å². The summed E-state index contributed by atoms with van der Waals surface area (Å²) in [5, 5.41) is 3.00. The summed E-state index contributed by atoms with van der Waals surface area (Å²) in [7, 11) is 1.14. The first kappa shape index (κ1) is 66.2. The van der Waals surface area contributed by atoms with Crippen LogP contribution in [0.2, 0.25) is 0 Å². The number of likely N-dealkylation sites (N-methyl/N-ethyl adjacent to an activating group) is 1. The van der Waals surface area contributed by atoms with E-state index in [1.165, 1.54) is 83.5 Å². The molecule has 0 aromatic rings. The van der Waals surface area contributed by atoms with Gasteiger partial charge in [-0.1, -0.05) is 209 Å². The standard InChI is InChI=1S/C59H105N2O7P/c1-7-10-13-16-19-22-25-28-29-30-31-34-36-39-42-45-48-51-58(62)60-56(55-67-69(64,65)66-54-53-61(4,5)6)57(50-47-44-41-38-35-32-26-23-20-17-14-11-8-2)68-59(63)52-49-46-43-40-37-33-27-24-21-18-15-12-9-3/h12,15,18-19,21-22,24,27-29,31,34,47,50,56-57H,7-11,13-14,16-17,20,23,25-26,30,32-33,35-46,48-49,51-55H2,1-6H3,(H-,60,62,64,65)/b15-12+,21-18+,22-19-,27-24-,29-28-,34-31-,50-47-. The van der Waals surface area contributed by atoms with Gasteiger partial charge in [0.05, 0.1) is 33.8 Å². The molecule has 0 aliphatic carbocycles. The van der Waals surface area contributed by atoms with E-state index in [0.717, 1.165) is 96.3 Å². The number of nitrogens with one attached hydrogen (secondary N) is 1. The molecule has 0 radical (unpaired) electrons. The van der Waals surface area contributed by atoms with Crippen molar-refractivity contribution >= 4 is 19.7 Å². The number of phosphoric ester groups is 1. The van der Waals surface area contributed by atoms with Gasteiger partial charge in [0.25, 0.3) is 7.82 Å². The smallest absolute Gasteiger partial charge is 0.306 e. The second-order valence-electron chi connectivity index (χ2n) is 19.8. The highest BCUT2D eigenvalue weighted by Crippen LogP contribution is 2.38. The Labute approximate surface area is 425 Å². The van der Waals surface area contributed by atoms with Crippen molar-refractivity contribution in [1.82, 2.24) is 5.32 Å². The Bertz CT molecular complexity index is 1460. The highest BCUT2D eigenvalue weighted by molar-refractivity contribution is 7.45. The Morgan fingerprint density at radius 3 is 1.54 bits per heavy atom. The van der Waals surface area contributed by atoms with E-state index in [-0.39, 0.29) is 31.3 Å². The summed E-state index contributed by atoms with van der Waals surface area (Å²) in [5.41, 5.74) is 0. The normalized spacial score (nSPS) is 14.5. The first-order valence-corrected chi connectivity index (χ1v) is 29.4. The highest BCUT2D eigenvalue weighted by Gasteiger charge is 2.27. The number of amides is 1. The number of allylic oxidation sites excluding steroid dienone is 13. The zero-order valence-electron chi connectivity index (χ0n) is 45.2. The second-order valence-corrected chi connectivity index (χ2v) is 21.2. The van der Waals surface area contributed by atoms with Crippen LogP contribution in [0.3, 0.4) is 0 Å². The van der Waals surface area contributed by atoms with Crippen molar-refractivity contribution < 1.29 is 37.3 Å². The molecule has 10 heteroatoms. The van der Waals surface area contributed by atoms with Crippen molar-refractivity contribution in [2.45, 2.75) is 238 Å². The van der Waals surface area contributed by atoms with Gasteiger partial charge in [-0.2, -0.15) is 0 Å². The van der Waals surface area contributed by atoms with E-state index in [9.17, 15) is 19.0 Å². The molecule has 398 valence electrons. The topological polar surface area (TPSA) is 114 Å². The third-order valence-electron chi connectivity index (χ3n) is 11.9. The van der Waals surface area contributed by atoms with E-state index >= 15 is 0 Å². The van der Waals surface area contributed by atoms with Crippen LogP contribution in [0.1, 0.15) is 226 Å². The Morgan fingerprint density at radius 1 is 0.536 bits per heavy atom. The number of ether oxygens (including phenoxy) is 1. The number of carbonyl (C=O) groups excluding carboxylic acids is 2. The van der Waals surface area contributed by atoms with E-state index in [2.05, 4.69) is 92.9 Å². The molecular formula is C59H105N2O7P. The fourth-order valence-corrected chi connectivity index (χ4v) is 8.25. The number of phosphoric acid groups is 1. The lowest BCUT2D eigenvalue weighted by atomic mass is 10.0. The molecule has 0 saturated carbocycles. The molecule has 0 heterocycles. The van der Waals surface area contributed by atoms with Crippen molar-refractivity contribution in [3.05, 3.63) is 85.1 Å². The number of hydrogen-bond donors (Lipinski definition) is 1. The van der Waals surface area contributed by atoms with Crippen LogP contribution >= 0.6 is 7.82 Å². The van der Waals surface area contributed by atoms with Crippen LogP contribution in [0.5, 0.6) is 0 Å². The molecule has 0 bridgehead atoms. The Balaban J connectivity index is 5.46. The number of esters is 1. The average molecular weight is 985 g/mol. The van der Waals surface area contributed by atoms with Gasteiger partial charge in [-0.05, 0) is 89.5 Å². The number of unbranched alkanes of at least 4 members (excludes halogenated alkanes) is 23. The maximum atomic E-state index is 13.5. The van der Waals surface area contributed by atoms with Gasteiger partial charge in [0.15, 0.2) is 0 Å². The molecule has 0 aromatic carbocycles. The van der Waals surface area contributed by atoms with E-state index in [1.54, 1.807) is 0 Å². The van der Waals surface area contributed by atoms with Crippen molar-refractivity contribution in [3.8, 4) is 0 Å². The molecule has 3 atom stereocenters. The molecule has 0 spiro atoms. The molecular weight excluding hydrogens is 880 g/mol. The van der Waals surface area contributed by atoms with Crippen molar-refractivity contribution in [2.75, 3.05) is 40.9 Å². The molecule has 1 amide bonds. The summed E-state index contributed by atoms with van der Waals surface area (Å²) in [6.45, 7) is 6.63. The molecule has 0 fully saturated rings. The van der Waals surface area contributed by atoms with Gasteiger partial charge >= 0.3 is 5.97 Å².